The van der Waals surface area contributed by atoms with Gasteiger partial charge in [0.15, 0.2) is 0 Å². The summed E-state index contributed by atoms with van der Waals surface area (Å²) in [5.41, 5.74) is 3.30. The normalized spacial score (nSPS) is 20.4. The lowest BCUT2D eigenvalue weighted by molar-refractivity contribution is 0.234. The first kappa shape index (κ1) is 17.4. The van der Waals surface area contributed by atoms with Gasteiger partial charge in [0.05, 0.1) is 12.2 Å². The first-order chi connectivity index (χ1) is 12.1. The predicted molar refractivity (Wildman–Crippen MR) is 99.0 cm³/mol. The molecule has 1 saturated heterocycles. The summed E-state index contributed by atoms with van der Waals surface area (Å²) in [7, 11) is 0. The first-order valence-electron chi connectivity index (χ1n) is 8.83. The van der Waals surface area contributed by atoms with E-state index in [4.69, 9.17) is 0 Å². The molecule has 25 heavy (non-hydrogen) atoms. The summed E-state index contributed by atoms with van der Waals surface area (Å²) in [6.45, 7) is 7.46. The van der Waals surface area contributed by atoms with Crippen molar-refractivity contribution in [3.05, 3.63) is 65.5 Å². The lowest BCUT2D eigenvalue weighted by Gasteiger charge is -2.18. The van der Waals surface area contributed by atoms with Crippen molar-refractivity contribution >= 4 is 6.03 Å². The van der Waals surface area contributed by atoms with Crippen molar-refractivity contribution in [2.45, 2.75) is 33.0 Å². The maximum Gasteiger partial charge on any atom is 0.315 e. The SMILES string of the molecule is Cc1cccnc1CNC(=O)N[C@@H]1CN(Cc2ccccc2)C[C@@H]1C. The highest BCUT2D eigenvalue weighted by atomic mass is 16.2. The lowest BCUT2D eigenvalue weighted by atomic mass is 10.1. The summed E-state index contributed by atoms with van der Waals surface area (Å²) in [5.74, 6) is 0.436. The van der Waals surface area contributed by atoms with Crippen molar-refractivity contribution in [2.75, 3.05) is 13.1 Å². The van der Waals surface area contributed by atoms with E-state index in [2.05, 4.69) is 51.7 Å². The molecular weight excluding hydrogens is 312 g/mol. The van der Waals surface area contributed by atoms with Crippen LogP contribution in [-0.2, 0) is 13.1 Å². The highest BCUT2D eigenvalue weighted by molar-refractivity contribution is 5.74. The number of aryl methyl sites for hydroxylation is 1. The molecule has 5 nitrogen and oxygen atoms in total. The third kappa shape index (κ3) is 4.79. The molecule has 1 aromatic heterocycles. The molecule has 0 aliphatic carbocycles. The number of hydrogen-bond donors (Lipinski definition) is 2. The summed E-state index contributed by atoms with van der Waals surface area (Å²) in [6.07, 6.45) is 1.75. The fraction of sp³-hybridized carbons (Fsp3) is 0.400. The number of benzene rings is 1. The Kier molecular flexibility index (Phi) is 5.66. The van der Waals surface area contributed by atoms with E-state index in [1.54, 1.807) is 6.20 Å². The number of hydrogen-bond acceptors (Lipinski definition) is 3. The van der Waals surface area contributed by atoms with Crippen molar-refractivity contribution in [3.8, 4) is 0 Å². The summed E-state index contributed by atoms with van der Waals surface area (Å²) < 4.78 is 0. The van der Waals surface area contributed by atoms with Crippen LogP contribution in [0.4, 0.5) is 4.79 Å². The maximum absolute atomic E-state index is 12.2. The van der Waals surface area contributed by atoms with E-state index >= 15 is 0 Å². The number of nitrogens with one attached hydrogen (secondary N) is 2. The van der Waals surface area contributed by atoms with Crippen LogP contribution in [0, 0.1) is 12.8 Å². The zero-order valence-electron chi connectivity index (χ0n) is 14.9. The number of carbonyl (C=O) groups is 1. The third-order valence-corrected chi connectivity index (χ3v) is 4.79. The first-order valence-corrected chi connectivity index (χ1v) is 8.83. The second-order valence-electron chi connectivity index (χ2n) is 6.86. The Balaban J connectivity index is 1.47. The number of carbonyl (C=O) groups excluding carboxylic acids is 1. The second kappa shape index (κ2) is 8.12. The quantitative estimate of drug-likeness (QED) is 0.881. The van der Waals surface area contributed by atoms with Gasteiger partial charge in [0, 0.05) is 31.9 Å². The molecule has 3 rings (SSSR count). The number of rotatable bonds is 5. The predicted octanol–water partition coefficient (Wildman–Crippen LogP) is 2.71. The number of amides is 2. The Hall–Kier alpha value is -2.40. The Morgan fingerprint density at radius 1 is 1.20 bits per heavy atom. The summed E-state index contributed by atoms with van der Waals surface area (Å²) in [4.78, 5) is 18.9. The minimum absolute atomic E-state index is 0.122. The van der Waals surface area contributed by atoms with Gasteiger partial charge in [-0.3, -0.25) is 9.88 Å². The molecule has 1 aliphatic rings. The standard InChI is InChI=1S/C20H26N4O/c1-15-7-6-10-21-18(15)11-22-20(25)23-19-14-24(12-16(19)2)13-17-8-4-3-5-9-17/h3-10,16,19H,11-14H2,1-2H3,(H2,22,23,25)/t16-,19+/m0/s1. The van der Waals surface area contributed by atoms with Crippen molar-refractivity contribution in [2.24, 2.45) is 5.92 Å². The van der Waals surface area contributed by atoms with Gasteiger partial charge in [-0.05, 0) is 30.0 Å². The van der Waals surface area contributed by atoms with Gasteiger partial charge in [-0.25, -0.2) is 4.79 Å². The molecule has 1 fully saturated rings. The number of nitrogens with zero attached hydrogens (tertiary/aromatic N) is 2. The van der Waals surface area contributed by atoms with Crippen LogP contribution in [0.15, 0.2) is 48.7 Å². The van der Waals surface area contributed by atoms with Gasteiger partial charge >= 0.3 is 6.03 Å². The highest BCUT2D eigenvalue weighted by Gasteiger charge is 2.30. The zero-order chi connectivity index (χ0) is 17.6. The Morgan fingerprint density at radius 2 is 2.00 bits per heavy atom. The van der Waals surface area contributed by atoms with Crippen LogP contribution in [0.1, 0.15) is 23.7 Å². The average Bonchev–Trinajstić information content (AvgIpc) is 2.94. The number of likely N-dealkylation sites (tertiary alicyclic amines) is 1. The smallest absolute Gasteiger partial charge is 0.315 e. The largest absolute Gasteiger partial charge is 0.334 e. The van der Waals surface area contributed by atoms with Crippen molar-refractivity contribution in [3.63, 3.8) is 0 Å². The van der Waals surface area contributed by atoms with Crippen LogP contribution < -0.4 is 10.6 Å². The monoisotopic (exact) mass is 338 g/mol. The molecular formula is C20H26N4O. The summed E-state index contributed by atoms with van der Waals surface area (Å²) in [6, 6.07) is 14.4. The lowest BCUT2D eigenvalue weighted by Crippen LogP contribution is -2.45. The van der Waals surface area contributed by atoms with E-state index in [9.17, 15) is 4.79 Å². The van der Waals surface area contributed by atoms with Crippen molar-refractivity contribution in [1.29, 1.82) is 0 Å². The van der Waals surface area contributed by atoms with Gasteiger partial charge < -0.3 is 10.6 Å². The van der Waals surface area contributed by atoms with Crippen LogP contribution in [0.25, 0.3) is 0 Å². The molecule has 0 saturated carbocycles. The van der Waals surface area contributed by atoms with Crippen LogP contribution in [0.3, 0.4) is 0 Å². The minimum Gasteiger partial charge on any atom is -0.334 e. The van der Waals surface area contributed by atoms with Crippen LogP contribution >= 0.6 is 0 Å². The van der Waals surface area contributed by atoms with Gasteiger partial charge in [0.25, 0.3) is 0 Å². The number of aromatic nitrogens is 1. The van der Waals surface area contributed by atoms with E-state index < -0.39 is 0 Å². The molecule has 0 bridgehead atoms. The fourth-order valence-corrected chi connectivity index (χ4v) is 3.31. The van der Waals surface area contributed by atoms with E-state index in [0.717, 1.165) is 30.9 Å². The summed E-state index contributed by atoms with van der Waals surface area (Å²) in [5, 5.41) is 6.04. The molecule has 2 heterocycles. The van der Waals surface area contributed by atoms with Crippen LogP contribution in [0.5, 0.6) is 0 Å². The van der Waals surface area contributed by atoms with Crippen molar-refractivity contribution < 1.29 is 4.79 Å². The Bertz CT molecular complexity index is 704. The van der Waals surface area contributed by atoms with E-state index in [0.29, 0.717) is 12.5 Å². The molecule has 1 aliphatic heterocycles. The fourth-order valence-electron chi connectivity index (χ4n) is 3.31. The second-order valence-corrected chi connectivity index (χ2v) is 6.86. The Labute approximate surface area is 149 Å². The number of pyridine rings is 1. The van der Waals surface area contributed by atoms with Gasteiger partial charge in [-0.2, -0.15) is 0 Å². The minimum atomic E-state index is -0.122. The topological polar surface area (TPSA) is 57.3 Å². The molecule has 132 valence electrons. The molecule has 1 aromatic carbocycles. The molecule has 0 spiro atoms. The third-order valence-electron chi connectivity index (χ3n) is 4.79. The molecule has 2 amide bonds. The average molecular weight is 338 g/mol. The Morgan fingerprint density at radius 3 is 2.76 bits per heavy atom. The molecule has 5 heteroatoms. The van der Waals surface area contributed by atoms with Gasteiger partial charge in [0.1, 0.15) is 0 Å². The van der Waals surface area contributed by atoms with Crippen LogP contribution in [0.2, 0.25) is 0 Å². The number of urea groups is 1. The van der Waals surface area contributed by atoms with Gasteiger partial charge in [0.2, 0.25) is 0 Å². The molecule has 2 atom stereocenters. The maximum atomic E-state index is 12.2. The van der Waals surface area contributed by atoms with E-state index in [1.165, 1.54) is 5.56 Å². The van der Waals surface area contributed by atoms with E-state index in [-0.39, 0.29) is 12.1 Å². The molecule has 0 radical (unpaired) electrons. The molecule has 2 aromatic rings. The molecule has 2 N–H and O–H groups in total. The van der Waals surface area contributed by atoms with Gasteiger partial charge in [-0.15, -0.1) is 0 Å². The summed E-state index contributed by atoms with van der Waals surface area (Å²) >= 11 is 0. The van der Waals surface area contributed by atoms with Crippen LogP contribution in [-0.4, -0.2) is 35.0 Å². The van der Waals surface area contributed by atoms with Gasteiger partial charge in [-0.1, -0.05) is 43.3 Å². The van der Waals surface area contributed by atoms with Crippen molar-refractivity contribution in [1.82, 2.24) is 20.5 Å². The van der Waals surface area contributed by atoms with E-state index in [1.807, 2.05) is 25.1 Å². The highest BCUT2D eigenvalue weighted by Crippen LogP contribution is 2.18. The molecule has 0 unspecified atom stereocenters. The zero-order valence-corrected chi connectivity index (χ0v) is 14.9.